The summed E-state index contributed by atoms with van der Waals surface area (Å²) in [5, 5.41) is 0. The Morgan fingerprint density at radius 3 is 2.83 bits per heavy atom. The fraction of sp³-hybridized carbons (Fsp3) is 0.500. The Kier molecular flexibility index (Phi) is 2.18. The zero-order chi connectivity index (χ0) is 8.55. The average Bonchev–Trinajstić information content (AvgIpc) is 2.87. The SMILES string of the molecule is CCc1nc(Br)ccc1C1CC1. The van der Waals surface area contributed by atoms with Crippen LogP contribution in [0.4, 0.5) is 0 Å². The molecule has 0 N–H and O–H groups in total. The van der Waals surface area contributed by atoms with Crippen LogP contribution < -0.4 is 0 Å². The first-order chi connectivity index (χ1) is 5.81. The highest BCUT2D eigenvalue weighted by molar-refractivity contribution is 9.10. The highest BCUT2D eigenvalue weighted by Gasteiger charge is 2.25. The van der Waals surface area contributed by atoms with Gasteiger partial charge in [-0.1, -0.05) is 13.0 Å². The van der Waals surface area contributed by atoms with Gasteiger partial charge in [-0.3, -0.25) is 0 Å². The fourth-order valence-corrected chi connectivity index (χ4v) is 1.88. The molecule has 1 heterocycles. The summed E-state index contributed by atoms with van der Waals surface area (Å²) in [5.41, 5.74) is 2.74. The quantitative estimate of drug-likeness (QED) is 0.705. The summed E-state index contributed by atoms with van der Waals surface area (Å²) in [6, 6.07) is 4.26. The predicted molar refractivity (Wildman–Crippen MR) is 53.3 cm³/mol. The van der Waals surface area contributed by atoms with Crippen LogP contribution in [0.5, 0.6) is 0 Å². The van der Waals surface area contributed by atoms with Crippen molar-refractivity contribution in [3.05, 3.63) is 28.0 Å². The van der Waals surface area contributed by atoms with Crippen LogP contribution >= 0.6 is 15.9 Å². The lowest BCUT2D eigenvalue weighted by Crippen LogP contribution is -1.94. The molecule has 0 amide bonds. The molecule has 1 saturated carbocycles. The van der Waals surface area contributed by atoms with E-state index >= 15 is 0 Å². The summed E-state index contributed by atoms with van der Waals surface area (Å²) in [4.78, 5) is 4.47. The van der Waals surface area contributed by atoms with Crippen molar-refractivity contribution in [2.24, 2.45) is 0 Å². The lowest BCUT2D eigenvalue weighted by Gasteiger charge is -2.04. The van der Waals surface area contributed by atoms with E-state index in [-0.39, 0.29) is 0 Å². The van der Waals surface area contributed by atoms with Crippen molar-refractivity contribution >= 4 is 15.9 Å². The van der Waals surface area contributed by atoms with E-state index in [2.05, 4.69) is 33.9 Å². The third-order valence-corrected chi connectivity index (χ3v) is 2.77. The van der Waals surface area contributed by atoms with Crippen molar-refractivity contribution in [1.82, 2.24) is 4.98 Å². The van der Waals surface area contributed by atoms with Crippen LogP contribution in [0, 0.1) is 0 Å². The molecule has 1 aromatic rings. The Labute approximate surface area is 81.3 Å². The molecule has 1 fully saturated rings. The number of hydrogen-bond donors (Lipinski definition) is 0. The average molecular weight is 226 g/mol. The van der Waals surface area contributed by atoms with E-state index in [1.54, 1.807) is 0 Å². The van der Waals surface area contributed by atoms with E-state index < -0.39 is 0 Å². The zero-order valence-corrected chi connectivity index (χ0v) is 8.76. The second-order valence-electron chi connectivity index (χ2n) is 3.30. The molecule has 64 valence electrons. The summed E-state index contributed by atoms with van der Waals surface area (Å²) in [6.07, 6.45) is 3.76. The molecule has 0 aromatic carbocycles. The number of nitrogens with zero attached hydrogens (tertiary/aromatic N) is 1. The minimum atomic E-state index is 0.820. The molecule has 0 bridgehead atoms. The zero-order valence-electron chi connectivity index (χ0n) is 7.18. The van der Waals surface area contributed by atoms with Crippen LogP contribution in [0.15, 0.2) is 16.7 Å². The highest BCUT2D eigenvalue weighted by atomic mass is 79.9. The Bertz CT molecular complexity index is 292. The maximum atomic E-state index is 4.47. The monoisotopic (exact) mass is 225 g/mol. The highest BCUT2D eigenvalue weighted by Crippen LogP contribution is 2.41. The van der Waals surface area contributed by atoms with Crippen molar-refractivity contribution in [1.29, 1.82) is 0 Å². The minimum absolute atomic E-state index is 0.820. The Balaban J connectivity index is 2.38. The van der Waals surface area contributed by atoms with Crippen LogP contribution in [0.3, 0.4) is 0 Å². The van der Waals surface area contributed by atoms with Gasteiger partial charge in [0.15, 0.2) is 0 Å². The first-order valence-electron chi connectivity index (χ1n) is 4.46. The van der Waals surface area contributed by atoms with Gasteiger partial charge in [0.1, 0.15) is 4.60 Å². The number of aromatic nitrogens is 1. The van der Waals surface area contributed by atoms with Crippen LogP contribution in [0.25, 0.3) is 0 Å². The van der Waals surface area contributed by atoms with Crippen molar-refractivity contribution in [2.75, 3.05) is 0 Å². The third-order valence-electron chi connectivity index (χ3n) is 2.33. The summed E-state index contributed by atoms with van der Waals surface area (Å²) < 4.78 is 0.962. The van der Waals surface area contributed by atoms with Gasteiger partial charge in [0, 0.05) is 5.69 Å². The number of rotatable bonds is 2. The molecule has 0 unspecified atom stereocenters. The maximum Gasteiger partial charge on any atom is 0.106 e. The number of aryl methyl sites for hydroxylation is 1. The van der Waals surface area contributed by atoms with Gasteiger partial charge in [-0.25, -0.2) is 4.98 Å². The van der Waals surface area contributed by atoms with Crippen LogP contribution in [0.1, 0.15) is 36.9 Å². The second-order valence-corrected chi connectivity index (χ2v) is 4.11. The number of pyridine rings is 1. The smallest absolute Gasteiger partial charge is 0.106 e. The van der Waals surface area contributed by atoms with Gasteiger partial charge in [0.05, 0.1) is 0 Å². The minimum Gasteiger partial charge on any atom is -0.246 e. The van der Waals surface area contributed by atoms with E-state index in [0.29, 0.717) is 0 Å². The molecule has 1 nitrogen and oxygen atoms in total. The summed E-state index contributed by atoms with van der Waals surface area (Å²) in [7, 11) is 0. The molecular weight excluding hydrogens is 214 g/mol. The molecule has 0 radical (unpaired) electrons. The van der Waals surface area contributed by atoms with Gasteiger partial charge >= 0.3 is 0 Å². The van der Waals surface area contributed by atoms with E-state index in [9.17, 15) is 0 Å². The molecule has 0 atom stereocenters. The molecule has 12 heavy (non-hydrogen) atoms. The van der Waals surface area contributed by atoms with E-state index in [1.807, 2.05) is 6.07 Å². The number of hydrogen-bond acceptors (Lipinski definition) is 1. The molecule has 1 aliphatic carbocycles. The molecule has 0 spiro atoms. The summed E-state index contributed by atoms with van der Waals surface area (Å²) in [5.74, 6) is 0.820. The first kappa shape index (κ1) is 8.24. The Morgan fingerprint density at radius 2 is 2.25 bits per heavy atom. The third kappa shape index (κ3) is 1.53. The van der Waals surface area contributed by atoms with Gasteiger partial charge in [-0.05, 0) is 52.7 Å². The van der Waals surface area contributed by atoms with Gasteiger partial charge in [-0.15, -0.1) is 0 Å². The molecule has 1 aromatic heterocycles. The van der Waals surface area contributed by atoms with Crippen molar-refractivity contribution in [3.63, 3.8) is 0 Å². The predicted octanol–water partition coefficient (Wildman–Crippen LogP) is 3.28. The largest absolute Gasteiger partial charge is 0.246 e. The molecular formula is C10H12BrN. The van der Waals surface area contributed by atoms with Crippen molar-refractivity contribution in [2.45, 2.75) is 32.1 Å². The van der Waals surface area contributed by atoms with Gasteiger partial charge in [0.25, 0.3) is 0 Å². The second kappa shape index (κ2) is 3.17. The number of halogens is 1. The van der Waals surface area contributed by atoms with Crippen molar-refractivity contribution in [3.8, 4) is 0 Å². The summed E-state index contributed by atoms with van der Waals surface area (Å²) in [6.45, 7) is 2.17. The molecule has 0 aliphatic heterocycles. The van der Waals surface area contributed by atoms with Crippen LogP contribution in [-0.2, 0) is 6.42 Å². The Morgan fingerprint density at radius 1 is 1.50 bits per heavy atom. The van der Waals surface area contributed by atoms with Gasteiger partial charge < -0.3 is 0 Å². The standard InChI is InChI=1S/C10H12BrN/c1-2-9-8(7-3-4-7)5-6-10(11)12-9/h5-7H,2-4H2,1H3. The van der Waals surface area contributed by atoms with Crippen LogP contribution in [0.2, 0.25) is 0 Å². The lowest BCUT2D eigenvalue weighted by molar-refractivity contribution is 0.948. The molecule has 2 rings (SSSR count). The van der Waals surface area contributed by atoms with Crippen LogP contribution in [-0.4, -0.2) is 4.98 Å². The first-order valence-corrected chi connectivity index (χ1v) is 5.26. The molecule has 2 heteroatoms. The van der Waals surface area contributed by atoms with Crippen molar-refractivity contribution < 1.29 is 0 Å². The van der Waals surface area contributed by atoms with E-state index in [4.69, 9.17) is 0 Å². The Hall–Kier alpha value is -0.370. The molecule has 1 aliphatic rings. The lowest BCUT2D eigenvalue weighted by atomic mass is 10.1. The molecule has 0 saturated heterocycles. The normalized spacial score (nSPS) is 16.5. The fourth-order valence-electron chi connectivity index (χ4n) is 1.53. The van der Waals surface area contributed by atoms with E-state index in [0.717, 1.165) is 16.9 Å². The van der Waals surface area contributed by atoms with Gasteiger partial charge in [0.2, 0.25) is 0 Å². The van der Waals surface area contributed by atoms with E-state index in [1.165, 1.54) is 24.1 Å². The maximum absolute atomic E-state index is 4.47. The topological polar surface area (TPSA) is 12.9 Å². The summed E-state index contributed by atoms with van der Waals surface area (Å²) >= 11 is 3.40. The van der Waals surface area contributed by atoms with Gasteiger partial charge in [-0.2, -0.15) is 0 Å².